The number of aromatic carboxylic acids is 1. The molecule has 1 N–H and O–H groups in total. The van der Waals surface area contributed by atoms with Gasteiger partial charge in [0.05, 0.1) is 12.2 Å². The number of carboxylic acid groups (broad SMARTS) is 1. The molecule has 5 heteroatoms. The Morgan fingerprint density at radius 3 is 2.00 bits per heavy atom. The third kappa shape index (κ3) is 8.14. The van der Waals surface area contributed by atoms with Crippen LogP contribution >= 0.6 is 0 Å². The van der Waals surface area contributed by atoms with Gasteiger partial charge in [-0.1, -0.05) is 97.8 Å². The highest BCUT2D eigenvalue weighted by Gasteiger charge is 2.12. The van der Waals surface area contributed by atoms with Gasteiger partial charge in [0.2, 0.25) is 0 Å². The van der Waals surface area contributed by atoms with Gasteiger partial charge >= 0.3 is 5.97 Å². The second kappa shape index (κ2) is 14.7. The third-order valence-electron chi connectivity index (χ3n) is 7.19. The zero-order valence-corrected chi connectivity index (χ0v) is 23.7. The van der Waals surface area contributed by atoms with Gasteiger partial charge in [-0.05, 0) is 77.1 Å². The largest absolute Gasteiger partial charge is 0.494 e. The number of rotatable bonds is 15. The van der Waals surface area contributed by atoms with Crippen LogP contribution in [0.4, 0.5) is 0 Å². The number of hydrogen-bond acceptors (Lipinski definition) is 4. The van der Waals surface area contributed by atoms with Crippen LogP contribution in [0.5, 0.6) is 17.2 Å². The van der Waals surface area contributed by atoms with Crippen LogP contribution in [0.2, 0.25) is 0 Å². The van der Waals surface area contributed by atoms with Gasteiger partial charge in [-0.2, -0.15) is 0 Å². The van der Waals surface area contributed by atoms with E-state index in [1.807, 2.05) is 72.8 Å². The maximum atomic E-state index is 11.2. The summed E-state index contributed by atoms with van der Waals surface area (Å²) < 4.78 is 18.6. The lowest BCUT2D eigenvalue weighted by Gasteiger charge is -2.17. The predicted molar refractivity (Wildman–Crippen MR) is 167 cm³/mol. The van der Waals surface area contributed by atoms with Gasteiger partial charge in [0.1, 0.15) is 19.0 Å². The predicted octanol–water partition coefficient (Wildman–Crippen LogP) is 8.88. The van der Waals surface area contributed by atoms with Gasteiger partial charge in [0.25, 0.3) is 0 Å². The molecule has 0 saturated heterocycles. The fraction of sp³-hybridized carbons (Fsp3) is 0.216. The Hall–Kier alpha value is -4.77. The van der Waals surface area contributed by atoms with Crippen molar-refractivity contribution in [3.05, 3.63) is 138 Å². The zero-order chi connectivity index (χ0) is 29.0. The molecule has 0 aromatic heterocycles. The van der Waals surface area contributed by atoms with E-state index in [0.29, 0.717) is 19.8 Å². The molecular formula is C37H36O5. The lowest BCUT2D eigenvalue weighted by molar-refractivity contribution is 0.0697. The van der Waals surface area contributed by atoms with Crippen LogP contribution in [0.15, 0.2) is 115 Å². The average Bonchev–Trinajstić information content (AvgIpc) is 3.03. The van der Waals surface area contributed by atoms with Crippen LogP contribution in [0.1, 0.15) is 52.7 Å². The van der Waals surface area contributed by atoms with Gasteiger partial charge in [-0.3, -0.25) is 0 Å². The van der Waals surface area contributed by atoms with Crippen molar-refractivity contribution in [3.8, 4) is 17.2 Å². The van der Waals surface area contributed by atoms with Crippen molar-refractivity contribution < 1.29 is 24.1 Å². The number of carboxylic acids is 1. The van der Waals surface area contributed by atoms with E-state index in [9.17, 15) is 9.90 Å². The second-order valence-corrected chi connectivity index (χ2v) is 10.3. The third-order valence-corrected chi connectivity index (χ3v) is 7.19. The highest BCUT2D eigenvalue weighted by atomic mass is 16.5. The van der Waals surface area contributed by atoms with E-state index in [1.165, 1.54) is 0 Å². The molecule has 0 unspecified atom stereocenters. The number of ether oxygens (including phenoxy) is 3. The molecule has 0 aliphatic rings. The monoisotopic (exact) mass is 560 g/mol. The minimum absolute atomic E-state index is 0.289. The molecule has 214 valence electrons. The van der Waals surface area contributed by atoms with Crippen LogP contribution in [0, 0.1) is 0 Å². The first-order valence-electron chi connectivity index (χ1n) is 14.5. The van der Waals surface area contributed by atoms with E-state index in [-0.39, 0.29) is 5.56 Å². The first-order valence-corrected chi connectivity index (χ1v) is 14.5. The van der Waals surface area contributed by atoms with E-state index in [0.717, 1.165) is 76.8 Å². The number of fused-ring (bicyclic) bond motifs is 1. The SMILES string of the molecule is O=C(O)c1ccc2cc(OCCCCCCc3cccc(OCc4ccccc4)c3OCc3ccccc3)ccc2c1. The minimum atomic E-state index is -0.919. The van der Waals surface area contributed by atoms with Gasteiger partial charge in [0, 0.05) is 0 Å². The molecule has 5 aromatic rings. The van der Waals surface area contributed by atoms with Crippen molar-refractivity contribution in [2.45, 2.75) is 45.3 Å². The van der Waals surface area contributed by atoms with Crippen LogP contribution in [-0.2, 0) is 19.6 Å². The highest BCUT2D eigenvalue weighted by molar-refractivity contribution is 5.94. The Morgan fingerprint density at radius 2 is 1.26 bits per heavy atom. The quantitative estimate of drug-likeness (QED) is 0.130. The van der Waals surface area contributed by atoms with Crippen molar-refractivity contribution in [1.82, 2.24) is 0 Å². The molecule has 0 aliphatic heterocycles. The van der Waals surface area contributed by atoms with Crippen molar-refractivity contribution in [3.63, 3.8) is 0 Å². The molecule has 42 heavy (non-hydrogen) atoms. The summed E-state index contributed by atoms with van der Waals surface area (Å²) in [5.74, 6) is 1.48. The van der Waals surface area contributed by atoms with Crippen LogP contribution in [0.25, 0.3) is 10.8 Å². The van der Waals surface area contributed by atoms with Gasteiger partial charge < -0.3 is 19.3 Å². The highest BCUT2D eigenvalue weighted by Crippen LogP contribution is 2.34. The normalized spacial score (nSPS) is 10.9. The maximum absolute atomic E-state index is 11.2. The van der Waals surface area contributed by atoms with Gasteiger partial charge in [-0.25, -0.2) is 4.79 Å². The molecule has 0 amide bonds. The van der Waals surface area contributed by atoms with E-state index in [2.05, 4.69) is 30.3 Å². The summed E-state index contributed by atoms with van der Waals surface area (Å²) in [5.41, 5.74) is 3.69. The van der Waals surface area contributed by atoms with E-state index in [4.69, 9.17) is 14.2 Å². The fourth-order valence-corrected chi connectivity index (χ4v) is 4.91. The van der Waals surface area contributed by atoms with Crippen molar-refractivity contribution in [2.24, 2.45) is 0 Å². The van der Waals surface area contributed by atoms with Crippen molar-refractivity contribution in [2.75, 3.05) is 6.61 Å². The van der Waals surface area contributed by atoms with E-state index in [1.54, 1.807) is 12.1 Å². The summed E-state index contributed by atoms with van der Waals surface area (Å²) >= 11 is 0. The number of hydrogen-bond donors (Lipinski definition) is 1. The minimum Gasteiger partial charge on any atom is -0.494 e. The standard InChI is InChI=1S/C37H36O5/c38-37(39)33-20-19-32-25-34(22-21-31(32)24-33)40-23-10-2-1-9-16-30-17-11-18-35(41-26-28-12-5-3-6-13-28)36(30)42-27-29-14-7-4-8-15-29/h3-8,11-15,17-22,24-25H,1-2,9-10,16,23,26-27H2,(H,38,39). The molecule has 0 radical (unpaired) electrons. The number of benzene rings is 5. The average molecular weight is 561 g/mol. The van der Waals surface area contributed by atoms with Crippen LogP contribution in [0.3, 0.4) is 0 Å². The molecule has 5 aromatic carbocycles. The summed E-state index contributed by atoms with van der Waals surface area (Å²) in [6.07, 6.45) is 5.09. The van der Waals surface area contributed by atoms with Crippen molar-refractivity contribution in [1.29, 1.82) is 0 Å². The molecule has 0 aliphatic carbocycles. The number of para-hydroxylation sites is 1. The molecule has 0 bridgehead atoms. The number of unbranched alkanes of at least 4 members (excludes halogenated alkanes) is 3. The summed E-state index contributed by atoms with van der Waals surface area (Å²) in [5, 5.41) is 11.0. The Balaban J connectivity index is 1.12. The summed E-state index contributed by atoms with van der Waals surface area (Å²) in [6.45, 7) is 1.63. The maximum Gasteiger partial charge on any atom is 0.335 e. The first-order chi connectivity index (χ1) is 20.7. The summed E-state index contributed by atoms with van der Waals surface area (Å²) in [7, 11) is 0. The van der Waals surface area contributed by atoms with Gasteiger partial charge in [-0.15, -0.1) is 0 Å². The van der Waals surface area contributed by atoms with Crippen LogP contribution < -0.4 is 14.2 Å². The zero-order valence-electron chi connectivity index (χ0n) is 23.7. The first kappa shape index (κ1) is 28.7. The molecule has 5 nitrogen and oxygen atoms in total. The van der Waals surface area contributed by atoms with E-state index < -0.39 is 5.97 Å². The lowest BCUT2D eigenvalue weighted by Crippen LogP contribution is -2.03. The summed E-state index contributed by atoms with van der Waals surface area (Å²) in [6, 6.07) is 37.5. The molecule has 0 spiro atoms. The topological polar surface area (TPSA) is 65.0 Å². The molecular weight excluding hydrogens is 524 g/mol. The lowest BCUT2D eigenvalue weighted by atomic mass is 10.0. The van der Waals surface area contributed by atoms with Crippen molar-refractivity contribution >= 4 is 16.7 Å². The molecule has 0 atom stereocenters. The van der Waals surface area contributed by atoms with Crippen LogP contribution in [-0.4, -0.2) is 17.7 Å². The number of aryl methyl sites for hydroxylation is 1. The van der Waals surface area contributed by atoms with Gasteiger partial charge in [0.15, 0.2) is 11.5 Å². The Morgan fingerprint density at radius 1 is 0.595 bits per heavy atom. The number of carbonyl (C=O) groups is 1. The van der Waals surface area contributed by atoms with E-state index >= 15 is 0 Å². The molecule has 0 saturated carbocycles. The Bertz CT molecular complexity index is 1580. The Kier molecular flexibility index (Phi) is 10.1. The Labute approximate surface area is 247 Å². The molecule has 5 rings (SSSR count). The summed E-state index contributed by atoms with van der Waals surface area (Å²) in [4.78, 5) is 11.2. The molecule has 0 fully saturated rings. The molecule has 0 heterocycles. The smallest absolute Gasteiger partial charge is 0.335 e. The fourth-order valence-electron chi connectivity index (χ4n) is 4.91. The second-order valence-electron chi connectivity index (χ2n) is 10.3.